The second kappa shape index (κ2) is 6.16. The summed E-state index contributed by atoms with van der Waals surface area (Å²) in [6.45, 7) is 5.12. The minimum absolute atomic E-state index is 0.226. The van der Waals surface area contributed by atoms with Gasteiger partial charge in [-0.05, 0) is 32.4 Å². The lowest BCUT2D eigenvalue weighted by Crippen LogP contribution is -2.39. The molecule has 1 aromatic rings. The highest BCUT2D eigenvalue weighted by Gasteiger charge is 2.21. The second-order valence-corrected chi connectivity index (χ2v) is 4.70. The van der Waals surface area contributed by atoms with Crippen LogP contribution in [0.2, 0.25) is 0 Å². The third-order valence-corrected chi connectivity index (χ3v) is 3.33. The molecule has 100 valence electrons. The zero-order chi connectivity index (χ0) is 13.0. The van der Waals surface area contributed by atoms with Gasteiger partial charge in [-0.2, -0.15) is 0 Å². The van der Waals surface area contributed by atoms with E-state index in [4.69, 9.17) is 4.74 Å². The van der Waals surface area contributed by atoms with E-state index < -0.39 is 5.82 Å². The first-order valence-corrected chi connectivity index (χ1v) is 6.51. The maximum absolute atomic E-state index is 13.2. The maximum atomic E-state index is 13.2. The molecule has 1 atom stereocenters. The second-order valence-electron chi connectivity index (χ2n) is 4.70. The Balaban J connectivity index is 1.98. The summed E-state index contributed by atoms with van der Waals surface area (Å²) >= 11 is 0. The van der Waals surface area contributed by atoms with Crippen molar-refractivity contribution in [3.05, 3.63) is 29.6 Å². The first-order chi connectivity index (χ1) is 8.70. The number of para-hydroxylation sites is 1. The fourth-order valence-corrected chi connectivity index (χ4v) is 2.46. The Kier molecular flexibility index (Phi) is 4.55. The zero-order valence-electron chi connectivity index (χ0n) is 10.7. The monoisotopic (exact) mass is 253 g/mol. The van der Waals surface area contributed by atoms with Crippen LogP contribution in [0.4, 0.5) is 4.39 Å². The summed E-state index contributed by atoms with van der Waals surface area (Å²) in [4.78, 5) is 2.21. The Hall–Kier alpha value is -1.13. The van der Waals surface area contributed by atoms with Crippen molar-refractivity contribution in [2.45, 2.75) is 32.4 Å². The smallest absolute Gasteiger partial charge is 0.165 e. The molecule has 1 heterocycles. The lowest BCUT2D eigenvalue weighted by molar-refractivity contribution is 0.00343. The molecule has 3 nitrogen and oxygen atoms in total. The normalized spacial score (nSPS) is 21.1. The molecule has 2 rings (SSSR count). The largest absolute Gasteiger partial charge is 0.505 e. The molecule has 0 radical (unpaired) electrons. The number of rotatable bonds is 4. The summed E-state index contributed by atoms with van der Waals surface area (Å²) in [6, 6.07) is 4.68. The van der Waals surface area contributed by atoms with Gasteiger partial charge in [-0.3, -0.25) is 4.90 Å². The van der Waals surface area contributed by atoms with Crippen LogP contribution in [0.15, 0.2) is 18.2 Å². The fraction of sp³-hybridized carbons (Fsp3) is 0.571. The molecule has 0 aromatic heterocycles. The van der Waals surface area contributed by atoms with E-state index in [1.165, 1.54) is 6.07 Å². The van der Waals surface area contributed by atoms with Gasteiger partial charge in [0.1, 0.15) is 0 Å². The van der Waals surface area contributed by atoms with E-state index in [0.29, 0.717) is 12.1 Å². The first kappa shape index (κ1) is 13.3. The number of halogens is 1. The van der Waals surface area contributed by atoms with E-state index in [9.17, 15) is 9.50 Å². The molecular weight excluding hydrogens is 233 g/mol. The van der Waals surface area contributed by atoms with Gasteiger partial charge in [0.25, 0.3) is 0 Å². The van der Waals surface area contributed by atoms with E-state index in [0.717, 1.165) is 32.5 Å². The molecular formula is C14H20FNO2. The summed E-state index contributed by atoms with van der Waals surface area (Å²) in [6.07, 6.45) is 2.43. The van der Waals surface area contributed by atoms with Gasteiger partial charge in [0, 0.05) is 25.3 Å². The van der Waals surface area contributed by atoms with Crippen LogP contribution >= 0.6 is 0 Å². The Morgan fingerprint density at radius 2 is 2.33 bits per heavy atom. The van der Waals surface area contributed by atoms with Gasteiger partial charge in [0.15, 0.2) is 11.6 Å². The summed E-state index contributed by atoms with van der Waals surface area (Å²) in [7, 11) is 0. The third-order valence-electron chi connectivity index (χ3n) is 3.33. The summed E-state index contributed by atoms with van der Waals surface area (Å²) in [5.74, 6) is -0.776. The lowest BCUT2D eigenvalue weighted by Gasteiger charge is -2.32. The van der Waals surface area contributed by atoms with E-state index in [2.05, 4.69) is 4.90 Å². The predicted molar refractivity (Wildman–Crippen MR) is 68.0 cm³/mol. The van der Waals surface area contributed by atoms with Gasteiger partial charge < -0.3 is 9.84 Å². The van der Waals surface area contributed by atoms with Gasteiger partial charge in [-0.1, -0.05) is 12.1 Å². The van der Waals surface area contributed by atoms with Crippen LogP contribution < -0.4 is 0 Å². The molecule has 1 N–H and O–H groups in total. The fourth-order valence-electron chi connectivity index (χ4n) is 2.46. The van der Waals surface area contributed by atoms with Crippen molar-refractivity contribution >= 4 is 0 Å². The SMILES string of the molecule is CCOC1CCCN(Cc2cccc(F)c2O)C1. The number of phenols is 1. The number of likely N-dealkylation sites (tertiary alicyclic amines) is 1. The van der Waals surface area contributed by atoms with Crippen LogP contribution in [-0.2, 0) is 11.3 Å². The highest BCUT2D eigenvalue weighted by atomic mass is 19.1. The molecule has 18 heavy (non-hydrogen) atoms. The number of benzene rings is 1. The van der Waals surface area contributed by atoms with Crippen LogP contribution in [-0.4, -0.2) is 35.8 Å². The van der Waals surface area contributed by atoms with Crippen LogP contribution in [0.1, 0.15) is 25.3 Å². The Labute approximate surface area is 107 Å². The van der Waals surface area contributed by atoms with Crippen molar-refractivity contribution in [3.8, 4) is 5.75 Å². The maximum Gasteiger partial charge on any atom is 0.165 e. The van der Waals surface area contributed by atoms with Crippen LogP contribution in [0.25, 0.3) is 0 Å². The minimum Gasteiger partial charge on any atom is -0.505 e. The van der Waals surface area contributed by atoms with Crippen molar-refractivity contribution in [2.24, 2.45) is 0 Å². The van der Waals surface area contributed by atoms with Crippen molar-refractivity contribution in [1.29, 1.82) is 0 Å². The number of ether oxygens (including phenoxy) is 1. The number of hydrogen-bond donors (Lipinski definition) is 1. The van der Waals surface area contributed by atoms with E-state index in [1.807, 2.05) is 6.92 Å². The van der Waals surface area contributed by atoms with Crippen LogP contribution in [0.3, 0.4) is 0 Å². The average molecular weight is 253 g/mol. The number of aromatic hydroxyl groups is 1. The van der Waals surface area contributed by atoms with Gasteiger partial charge in [-0.15, -0.1) is 0 Å². The van der Waals surface area contributed by atoms with Crippen molar-refractivity contribution < 1.29 is 14.2 Å². The predicted octanol–water partition coefficient (Wildman–Crippen LogP) is 2.53. The molecule has 4 heteroatoms. The quantitative estimate of drug-likeness (QED) is 0.895. The van der Waals surface area contributed by atoms with E-state index >= 15 is 0 Å². The summed E-state index contributed by atoms with van der Waals surface area (Å²) in [5, 5.41) is 9.66. The molecule has 1 saturated heterocycles. The molecule has 1 aliphatic rings. The van der Waals surface area contributed by atoms with E-state index in [-0.39, 0.29) is 11.9 Å². The minimum atomic E-state index is -0.550. The molecule has 0 spiro atoms. The van der Waals surface area contributed by atoms with Crippen molar-refractivity contribution in [1.82, 2.24) is 4.90 Å². The topological polar surface area (TPSA) is 32.7 Å². The highest BCUT2D eigenvalue weighted by Crippen LogP contribution is 2.24. The van der Waals surface area contributed by atoms with Gasteiger partial charge >= 0.3 is 0 Å². The molecule has 0 bridgehead atoms. The van der Waals surface area contributed by atoms with Crippen LogP contribution in [0, 0.1) is 5.82 Å². The molecule has 1 unspecified atom stereocenters. The molecule has 0 saturated carbocycles. The molecule has 1 aromatic carbocycles. The number of piperidine rings is 1. The lowest BCUT2D eigenvalue weighted by atomic mass is 10.1. The number of hydrogen-bond acceptors (Lipinski definition) is 3. The van der Waals surface area contributed by atoms with Crippen molar-refractivity contribution in [3.63, 3.8) is 0 Å². The van der Waals surface area contributed by atoms with Crippen molar-refractivity contribution in [2.75, 3.05) is 19.7 Å². The molecule has 0 amide bonds. The summed E-state index contributed by atoms with van der Waals surface area (Å²) in [5.41, 5.74) is 0.646. The first-order valence-electron chi connectivity index (χ1n) is 6.51. The standard InChI is InChI=1S/C14H20FNO2/c1-2-18-12-6-4-8-16(10-12)9-11-5-3-7-13(15)14(11)17/h3,5,7,12,17H,2,4,6,8-10H2,1H3. The van der Waals surface area contributed by atoms with E-state index in [1.54, 1.807) is 12.1 Å². The number of phenolic OH excluding ortho intramolecular Hbond substituents is 1. The highest BCUT2D eigenvalue weighted by molar-refractivity contribution is 5.33. The molecule has 1 aliphatic heterocycles. The summed E-state index contributed by atoms with van der Waals surface area (Å²) < 4.78 is 18.9. The number of nitrogens with zero attached hydrogens (tertiary/aromatic N) is 1. The molecule has 0 aliphatic carbocycles. The Bertz CT molecular complexity index is 395. The van der Waals surface area contributed by atoms with Gasteiger partial charge in [0.05, 0.1) is 6.10 Å². The third kappa shape index (κ3) is 3.21. The Morgan fingerprint density at radius 3 is 3.11 bits per heavy atom. The zero-order valence-corrected chi connectivity index (χ0v) is 10.7. The molecule has 1 fully saturated rings. The average Bonchev–Trinajstić information content (AvgIpc) is 2.36. The van der Waals surface area contributed by atoms with Crippen LogP contribution in [0.5, 0.6) is 5.75 Å². The van der Waals surface area contributed by atoms with Gasteiger partial charge in [0.2, 0.25) is 0 Å². The Morgan fingerprint density at radius 1 is 1.50 bits per heavy atom. The van der Waals surface area contributed by atoms with Gasteiger partial charge in [-0.25, -0.2) is 4.39 Å².